The van der Waals surface area contributed by atoms with Gasteiger partial charge in [0.2, 0.25) is 0 Å². The number of β-amino-alcohol motifs (C(OH)–C–C–N with tert-alkyl or cyclic N) is 1. The molecule has 112 valence electrons. The second kappa shape index (κ2) is 6.24. The number of aliphatic hydroxyl groups excluding tert-OH is 1. The molecule has 2 heterocycles. The minimum Gasteiger partial charge on any atom is -0.497 e. The lowest BCUT2D eigenvalue weighted by Crippen LogP contribution is -2.47. The SMILES string of the molecule is COc1ccc2ncnc(N3CCN(CCO)CC3)c2c1. The Bertz CT molecular complexity index is 612. The molecule has 1 aromatic carbocycles. The second-order valence-electron chi connectivity index (χ2n) is 5.13. The number of piperazine rings is 1. The van der Waals surface area contributed by atoms with Gasteiger partial charge in [0.1, 0.15) is 17.9 Å². The van der Waals surface area contributed by atoms with Gasteiger partial charge in [-0.15, -0.1) is 0 Å². The summed E-state index contributed by atoms with van der Waals surface area (Å²) in [5.41, 5.74) is 0.929. The van der Waals surface area contributed by atoms with Gasteiger partial charge in [0, 0.05) is 38.1 Å². The van der Waals surface area contributed by atoms with Gasteiger partial charge in [0.15, 0.2) is 0 Å². The fraction of sp³-hybridized carbons (Fsp3) is 0.467. The third kappa shape index (κ3) is 2.91. The van der Waals surface area contributed by atoms with Crippen LogP contribution in [0.5, 0.6) is 5.75 Å². The fourth-order valence-corrected chi connectivity index (χ4v) is 2.73. The molecule has 0 saturated carbocycles. The van der Waals surface area contributed by atoms with Gasteiger partial charge in [-0.05, 0) is 18.2 Å². The molecule has 6 nitrogen and oxygen atoms in total. The summed E-state index contributed by atoms with van der Waals surface area (Å²) in [5, 5.41) is 10.0. The minimum absolute atomic E-state index is 0.216. The number of benzene rings is 1. The van der Waals surface area contributed by atoms with Gasteiger partial charge >= 0.3 is 0 Å². The number of ether oxygens (including phenoxy) is 1. The molecule has 0 atom stereocenters. The number of hydrogen-bond acceptors (Lipinski definition) is 6. The van der Waals surface area contributed by atoms with Crippen LogP contribution in [0.3, 0.4) is 0 Å². The highest BCUT2D eigenvalue weighted by molar-refractivity contribution is 5.90. The van der Waals surface area contributed by atoms with E-state index in [1.165, 1.54) is 0 Å². The Labute approximate surface area is 124 Å². The molecule has 1 aliphatic rings. The Morgan fingerprint density at radius 2 is 2.00 bits per heavy atom. The maximum atomic E-state index is 9.01. The van der Waals surface area contributed by atoms with Crippen LogP contribution in [0.15, 0.2) is 24.5 Å². The van der Waals surface area contributed by atoms with Crippen LogP contribution < -0.4 is 9.64 Å². The number of aliphatic hydroxyl groups is 1. The Balaban J connectivity index is 1.87. The molecule has 1 aromatic heterocycles. The third-order valence-corrected chi connectivity index (χ3v) is 3.91. The highest BCUT2D eigenvalue weighted by Gasteiger charge is 2.19. The van der Waals surface area contributed by atoms with Gasteiger partial charge in [-0.2, -0.15) is 0 Å². The van der Waals surface area contributed by atoms with Gasteiger partial charge in [-0.3, -0.25) is 4.90 Å². The summed E-state index contributed by atoms with van der Waals surface area (Å²) >= 11 is 0. The highest BCUT2D eigenvalue weighted by Crippen LogP contribution is 2.27. The highest BCUT2D eigenvalue weighted by atomic mass is 16.5. The Kier molecular flexibility index (Phi) is 4.17. The molecule has 0 aliphatic carbocycles. The van der Waals surface area contributed by atoms with Crippen molar-refractivity contribution in [2.24, 2.45) is 0 Å². The lowest BCUT2D eigenvalue weighted by Gasteiger charge is -2.35. The van der Waals surface area contributed by atoms with Gasteiger partial charge in [0.05, 0.1) is 19.2 Å². The topological polar surface area (TPSA) is 61.7 Å². The summed E-state index contributed by atoms with van der Waals surface area (Å²) in [6.07, 6.45) is 1.62. The first-order valence-electron chi connectivity index (χ1n) is 7.18. The molecule has 1 saturated heterocycles. The van der Waals surface area contributed by atoms with Crippen molar-refractivity contribution < 1.29 is 9.84 Å². The maximum absolute atomic E-state index is 9.01. The number of hydrogen-bond donors (Lipinski definition) is 1. The van der Waals surface area contributed by atoms with Crippen LogP contribution in [0, 0.1) is 0 Å². The smallest absolute Gasteiger partial charge is 0.140 e. The standard InChI is InChI=1S/C15H20N4O2/c1-21-12-2-3-14-13(10-12)15(17-11-16-14)19-6-4-18(5-7-19)8-9-20/h2-3,10-11,20H,4-9H2,1H3. The van der Waals surface area contributed by atoms with Crippen LogP contribution in [0.2, 0.25) is 0 Å². The molecule has 0 unspecified atom stereocenters. The van der Waals surface area contributed by atoms with E-state index in [0.717, 1.165) is 55.2 Å². The van der Waals surface area contributed by atoms with Crippen molar-refractivity contribution >= 4 is 16.7 Å². The van der Waals surface area contributed by atoms with E-state index in [2.05, 4.69) is 19.8 Å². The fourth-order valence-electron chi connectivity index (χ4n) is 2.73. The third-order valence-electron chi connectivity index (χ3n) is 3.91. The predicted molar refractivity (Wildman–Crippen MR) is 81.8 cm³/mol. The number of methoxy groups -OCH3 is 1. The van der Waals surface area contributed by atoms with E-state index in [1.54, 1.807) is 13.4 Å². The first-order chi connectivity index (χ1) is 10.3. The van der Waals surface area contributed by atoms with Crippen molar-refractivity contribution in [2.75, 3.05) is 51.3 Å². The molecule has 0 amide bonds. The summed E-state index contributed by atoms with van der Waals surface area (Å²) in [6, 6.07) is 5.87. The monoisotopic (exact) mass is 288 g/mol. The molecule has 1 N–H and O–H groups in total. The number of nitrogens with zero attached hydrogens (tertiary/aromatic N) is 4. The summed E-state index contributed by atoms with van der Waals surface area (Å²) in [6.45, 7) is 4.65. The average molecular weight is 288 g/mol. The second-order valence-corrected chi connectivity index (χ2v) is 5.13. The molecule has 0 radical (unpaired) electrons. The van der Waals surface area contributed by atoms with E-state index in [0.29, 0.717) is 0 Å². The van der Waals surface area contributed by atoms with E-state index in [-0.39, 0.29) is 6.61 Å². The Morgan fingerprint density at radius 3 is 2.71 bits per heavy atom. The van der Waals surface area contributed by atoms with Crippen LogP contribution in [0.4, 0.5) is 5.82 Å². The quantitative estimate of drug-likeness (QED) is 0.896. The number of anilines is 1. The van der Waals surface area contributed by atoms with Crippen molar-refractivity contribution in [3.63, 3.8) is 0 Å². The van der Waals surface area contributed by atoms with Crippen LogP contribution in [0.25, 0.3) is 10.9 Å². The van der Waals surface area contributed by atoms with Crippen molar-refractivity contribution in [2.45, 2.75) is 0 Å². The predicted octanol–water partition coefficient (Wildman–Crippen LogP) is 0.753. The number of aromatic nitrogens is 2. The molecule has 0 spiro atoms. The number of fused-ring (bicyclic) bond motifs is 1. The Morgan fingerprint density at radius 1 is 1.19 bits per heavy atom. The zero-order valence-electron chi connectivity index (χ0n) is 12.2. The van der Waals surface area contributed by atoms with Crippen LogP contribution >= 0.6 is 0 Å². The summed E-state index contributed by atoms with van der Waals surface area (Å²) < 4.78 is 5.30. The molecular formula is C15H20N4O2. The molecule has 1 fully saturated rings. The van der Waals surface area contributed by atoms with Crippen molar-refractivity contribution in [3.8, 4) is 5.75 Å². The van der Waals surface area contributed by atoms with Crippen molar-refractivity contribution in [3.05, 3.63) is 24.5 Å². The van der Waals surface area contributed by atoms with E-state index in [1.807, 2.05) is 18.2 Å². The number of rotatable bonds is 4. The van der Waals surface area contributed by atoms with Crippen LogP contribution in [-0.4, -0.2) is 66.4 Å². The van der Waals surface area contributed by atoms with E-state index in [9.17, 15) is 0 Å². The van der Waals surface area contributed by atoms with Gasteiger partial charge in [0.25, 0.3) is 0 Å². The maximum Gasteiger partial charge on any atom is 0.140 e. The molecule has 3 rings (SSSR count). The molecule has 21 heavy (non-hydrogen) atoms. The van der Waals surface area contributed by atoms with Gasteiger partial charge < -0.3 is 14.7 Å². The molecular weight excluding hydrogens is 268 g/mol. The zero-order valence-corrected chi connectivity index (χ0v) is 12.2. The lowest BCUT2D eigenvalue weighted by molar-refractivity contribution is 0.188. The first-order valence-corrected chi connectivity index (χ1v) is 7.18. The van der Waals surface area contributed by atoms with Gasteiger partial charge in [-0.25, -0.2) is 9.97 Å². The van der Waals surface area contributed by atoms with E-state index in [4.69, 9.17) is 9.84 Å². The Hall–Kier alpha value is -1.92. The van der Waals surface area contributed by atoms with Gasteiger partial charge in [-0.1, -0.05) is 0 Å². The molecule has 0 bridgehead atoms. The largest absolute Gasteiger partial charge is 0.497 e. The summed E-state index contributed by atoms with van der Waals surface area (Å²) in [7, 11) is 1.66. The van der Waals surface area contributed by atoms with E-state index < -0.39 is 0 Å². The molecule has 6 heteroatoms. The van der Waals surface area contributed by atoms with Crippen molar-refractivity contribution in [1.82, 2.24) is 14.9 Å². The van der Waals surface area contributed by atoms with Crippen molar-refractivity contribution in [1.29, 1.82) is 0 Å². The lowest BCUT2D eigenvalue weighted by atomic mass is 10.2. The van der Waals surface area contributed by atoms with Crippen LogP contribution in [-0.2, 0) is 0 Å². The normalized spacial score (nSPS) is 16.4. The zero-order chi connectivity index (χ0) is 14.7. The van der Waals surface area contributed by atoms with Crippen LogP contribution in [0.1, 0.15) is 0 Å². The molecule has 2 aromatic rings. The average Bonchev–Trinajstić information content (AvgIpc) is 2.55. The summed E-state index contributed by atoms with van der Waals surface area (Å²) in [4.78, 5) is 13.3. The van der Waals surface area contributed by atoms with E-state index >= 15 is 0 Å². The molecule has 1 aliphatic heterocycles. The summed E-state index contributed by atoms with van der Waals surface area (Å²) in [5.74, 6) is 1.78. The minimum atomic E-state index is 0.216. The first kappa shape index (κ1) is 14.0.